The SMILES string of the molecule is CCN(OC)[C@@H](CC(C)C)C(=O)OP(=O)(O)OC(ON=[N+]=[N-])[C@H]1O[C@@H](n2cc(C)c(=O)[nH]c2=O)C[C@@H]1O. The molecule has 18 heteroatoms. The van der Waals surface area contributed by atoms with Crippen molar-refractivity contribution in [3.05, 3.63) is 43.0 Å². The van der Waals surface area contributed by atoms with Crippen LogP contribution in [0.25, 0.3) is 10.4 Å². The number of carbonyl (C=O) groups excluding carboxylic acids is 1. The number of hydroxylamine groups is 2. The van der Waals surface area contributed by atoms with Gasteiger partial charge in [0, 0.05) is 29.6 Å². The van der Waals surface area contributed by atoms with Crippen LogP contribution in [0.15, 0.2) is 21.1 Å². The smallest absolute Gasteiger partial charge is 0.399 e. The normalized spacial score (nSPS) is 22.8. The molecule has 1 aliphatic heterocycles. The summed E-state index contributed by atoms with van der Waals surface area (Å²) in [5, 5.41) is 14.6. The highest BCUT2D eigenvalue weighted by atomic mass is 31.2. The van der Waals surface area contributed by atoms with Gasteiger partial charge in [0.2, 0.25) is 6.29 Å². The number of hydrogen-bond donors (Lipinski definition) is 3. The number of aromatic amines is 1. The van der Waals surface area contributed by atoms with E-state index < -0.39 is 55.8 Å². The first-order valence-electron chi connectivity index (χ1n) is 11.2. The third kappa shape index (κ3) is 8.12. The van der Waals surface area contributed by atoms with Gasteiger partial charge in [0.25, 0.3) is 5.56 Å². The number of hydrogen-bond acceptors (Lipinski definition) is 12. The number of nitrogens with zero attached hydrogens (tertiary/aromatic N) is 5. The summed E-state index contributed by atoms with van der Waals surface area (Å²) in [6.07, 6.45) is -5.04. The van der Waals surface area contributed by atoms with Gasteiger partial charge < -0.3 is 24.0 Å². The predicted molar refractivity (Wildman–Crippen MR) is 124 cm³/mol. The Morgan fingerprint density at radius 1 is 1.46 bits per heavy atom. The molecule has 2 unspecified atom stereocenters. The molecular weight excluding hydrogens is 519 g/mol. The van der Waals surface area contributed by atoms with E-state index in [1.807, 2.05) is 13.8 Å². The summed E-state index contributed by atoms with van der Waals surface area (Å²) in [5.41, 5.74) is 7.35. The Balaban J connectivity index is 2.25. The minimum atomic E-state index is -5.24. The highest BCUT2D eigenvalue weighted by Crippen LogP contribution is 2.47. The van der Waals surface area contributed by atoms with Gasteiger partial charge in [-0.25, -0.2) is 18.7 Å². The number of aliphatic hydroxyl groups is 1. The molecule has 2 heterocycles. The van der Waals surface area contributed by atoms with Gasteiger partial charge in [0.05, 0.1) is 13.2 Å². The molecule has 6 atom stereocenters. The van der Waals surface area contributed by atoms with Gasteiger partial charge in [-0.3, -0.25) is 19.2 Å². The molecule has 0 aromatic carbocycles. The van der Waals surface area contributed by atoms with Gasteiger partial charge in [-0.05, 0) is 24.8 Å². The highest BCUT2D eigenvalue weighted by Gasteiger charge is 2.46. The molecule has 1 aromatic rings. The van der Waals surface area contributed by atoms with E-state index in [-0.39, 0.29) is 30.9 Å². The lowest BCUT2D eigenvalue weighted by Gasteiger charge is -2.29. The second kappa shape index (κ2) is 13.2. The summed E-state index contributed by atoms with van der Waals surface area (Å²) in [6, 6.07) is -1.05. The van der Waals surface area contributed by atoms with Crippen LogP contribution >= 0.6 is 7.82 Å². The van der Waals surface area contributed by atoms with E-state index in [0.29, 0.717) is 0 Å². The molecule has 3 N–H and O–H groups in total. The molecule has 1 aliphatic rings. The van der Waals surface area contributed by atoms with Gasteiger partial charge in [0.15, 0.2) is 0 Å². The van der Waals surface area contributed by atoms with Crippen molar-refractivity contribution < 1.29 is 42.8 Å². The van der Waals surface area contributed by atoms with Crippen LogP contribution in [-0.4, -0.2) is 68.8 Å². The van der Waals surface area contributed by atoms with Crippen molar-refractivity contribution in [2.75, 3.05) is 13.7 Å². The summed E-state index contributed by atoms with van der Waals surface area (Å²) in [5.74, 6) is -1.15. The summed E-state index contributed by atoms with van der Waals surface area (Å²) < 4.78 is 28.9. The highest BCUT2D eigenvalue weighted by molar-refractivity contribution is 7.48. The van der Waals surface area contributed by atoms with Crippen LogP contribution in [-0.2, 0) is 32.8 Å². The van der Waals surface area contributed by atoms with Crippen LogP contribution in [0, 0.1) is 12.8 Å². The van der Waals surface area contributed by atoms with Crippen LogP contribution in [0.5, 0.6) is 0 Å². The van der Waals surface area contributed by atoms with Crippen LogP contribution in [0.3, 0.4) is 0 Å². The van der Waals surface area contributed by atoms with E-state index in [2.05, 4.69) is 15.2 Å². The Morgan fingerprint density at radius 2 is 2.14 bits per heavy atom. The van der Waals surface area contributed by atoms with E-state index in [1.54, 1.807) is 6.92 Å². The number of ether oxygens (including phenoxy) is 1. The Bertz CT molecular complexity index is 1150. The summed E-state index contributed by atoms with van der Waals surface area (Å²) in [4.78, 5) is 61.2. The Hall–Kier alpha value is -2.75. The maximum absolute atomic E-state index is 12.7. The van der Waals surface area contributed by atoms with E-state index >= 15 is 0 Å². The van der Waals surface area contributed by atoms with Crippen LogP contribution < -0.4 is 11.2 Å². The fourth-order valence-corrected chi connectivity index (χ4v) is 4.49. The minimum Gasteiger partial charge on any atom is -0.399 e. The monoisotopic (exact) mass is 550 g/mol. The van der Waals surface area contributed by atoms with Crippen molar-refractivity contribution in [2.45, 2.75) is 71.3 Å². The lowest BCUT2D eigenvalue weighted by Crippen LogP contribution is -2.42. The molecule has 1 fully saturated rings. The van der Waals surface area contributed by atoms with E-state index in [1.165, 1.54) is 25.3 Å². The molecule has 0 spiro atoms. The zero-order valence-corrected chi connectivity index (χ0v) is 21.8. The second-order valence-electron chi connectivity index (χ2n) is 8.53. The van der Waals surface area contributed by atoms with Crippen molar-refractivity contribution in [3.63, 3.8) is 0 Å². The fraction of sp³-hybridized carbons (Fsp3) is 0.737. The third-order valence-electron chi connectivity index (χ3n) is 5.35. The Kier molecular flexibility index (Phi) is 10.8. The van der Waals surface area contributed by atoms with Gasteiger partial charge in [-0.1, -0.05) is 20.8 Å². The number of phosphoric ester groups is 1. The molecule has 208 valence electrons. The Morgan fingerprint density at radius 3 is 2.70 bits per heavy atom. The van der Waals surface area contributed by atoms with Crippen LogP contribution in [0.2, 0.25) is 0 Å². The molecule has 17 nitrogen and oxygen atoms in total. The molecule has 0 saturated carbocycles. The summed E-state index contributed by atoms with van der Waals surface area (Å²) in [7, 11) is -3.92. The summed E-state index contributed by atoms with van der Waals surface area (Å²) in [6.45, 7) is 7.06. The lowest BCUT2D eigenvalue weighted by molar-refractivity contribution is -0.197. The number of aryl methyl sites for hydroxylation is 1. The zero-order chi connectivity index (χ0) is 27.9. The van der Waals surface area contributed by atoms with Crippen LogP contribution in [0.4, 0.5) is 0 Å². The van der Waals surface area contributed by atoms with Crippen molar-refractivity contribution in [2.24, 2.45) is 11.2 Å². The van der Waals surface area contributed by atoms with E-state index in [4.69, 9.17) is 29.0 Å². The molecule has 37 heavy (non-hydrogen) atoms. The first kappa shape index (κ1) is 30.5. The third-order valence-corrected chi connectivity index (χ3v) is 6.24. The van der Waals surface area contributed by atoms with Crippen molar-refractivity contribution in [3.8, 4) is 0 Å². The number of phosphoric acid groups is 1. The average Bonchev–Trinajstić information content (AvgIpc) is 3.19. The van der Waals surface area contributed by atoms with Crippen molar-refractivity contribution in [1.29, 1.82) is 0 Å². The van der Waals surface area contributed by atoms with Crippen molar-refractivity contribution >= 4 is 13.8 Å². The molecule has 0 aliphatic carbocycles. The van der Waals surface area contributed by atoms with Gasteiger partial charge in [-0.2, -0.15) is 5.06 Å². The zero-order valence-electron chi connectivity index (χ0n) is 20.9. The summed E-state index contributed by atoms with van der Waals surface area (Å²) >= 11 is 0. The topological polar surface area (TPSA) is 228 Å². The predicted octanol–water partition coefficient (Wildman–Crippen LogP) is 1.02. The number of H-pyrrole nitrogens is 1. The van der Waals surface area contributed by atoms with E-state index in [9.17, 15) is 28.9 Å². The number of aliphatic hydroxyl groups excluding tert-OH is 1. The maximum Gasteiger partial charge on any atom is 0.532 e. The molecule has 0 radical (unpaired) electrons. The minimum absolute atomic E-state index is 0.0132. The average molecular weight is 550 g/mol. The number of carbonyl (C=O) groups is 1. The van der Waals surface area contributed by atoms with Crippen molar-refractivity contribution in [1.82, 2.24) is 14.6 Å². The first-order valence-corrected chi connectivity index (χ1v) is 12.7. The van der Waals surface area contributed by atoms with Crippen LogP contribution in [0.1, 0.15) is 45.4 Å². The number of likely N-dealkylation sites (N-methyl/N-ethyl adjacent to an activating group) is 1. The lowest BCUT2D eigenvalue weighted by atomic mass is 10.0. The maximum atomic E-state index is 12.7. The molecule has 2 rings (SSSR count). The number of nitrogens with one attached hydrogen (secondary N) is 1. The van der Waals surface area contributed by atoms with E-state index in [0.717, 1.165) is 4.57 Å². The Labute approximate surface area is 211 Å². The number of rotatable bonds is 13. The molecule has 1 aromatic heterocycles. The number of azide groups is 1. The largest absolute Gasteiger partial charge is 0.532 e. The second-order valence-corrected chi connectivity index (χ2v) is 9.86. The molecule has 0 bridgehead atoms. The fourth-order valence-electron chi connectivity index (χ4n) is 3.68. The molecule has 0 amide bonds. The molecule has 1 saturated heterocycles. The number of aromatic nitrogens is 2. The molecular formula is C19H31N6O11P. The van der Waals surface area contributed by atoms with Gasteiger partial charge in [-0.15, -0.1) is 0 Å². The first-order chi connectivity index (χ1) is 17.3. The quantitative estimate of drug-likeness (QED) is 0.0781. The van der Waals surface area contributed by atoms with Gasteiger partial charge >= 0.3 is 19.5 Å². The standard InChI is InChI=1S/C19H31N6O11P/c1-6-25(32-5)12(7-10(2)3)17(28)35-37(30,31)36-18(34-23-22-20)15-13(26)8-14(33-15)24-9-11(4)16(27)21-19(24)29/h9-10,12-15,18,26H,6-8H2,1-5H3,(H,30,31)(H,21,27,29)/t12-,13-,14+,15-,18?/m0/s1. The van der Waals surface area contributed by atoms with Gasteiger partial charge in [0.1, 0.15) is 23.7 Å².